The Labute approximate surface area is 184 Å². The Morgan fingerprint density at radius 3 is 2.52 bits per heavy atom. The van der Waals surface area contributed by atoms with Crippen molar-refractivity contribution in [2.45, 2.75) is 6.04 Å². The lowest BCUT2D eigenvalue weighted by molar-refractivity contribution is 0.0206. The van der Waals surface area contributed by atoms with E-state index in [1.165, 1.54) is 6.26 Å². The fraction of sp³-hybridized carbons (Fsp3) is 0.208. The van der Waals surface area contributed by atoms with E-state index in [1.807, 2.05) is 48.5 Å². The summed E-state index contributed by atoms with van der Waals surface area (Å²) in [5, 5.41) is 4.53. The summed E-state index contributed by atoms with van der Waals surface area (Å²) in [6.07, 6.45) is 1.48. The van der Waals surface area contributed by atoms with Crippen molar-refractivity contribution in [3.05, 3.63) is 89.0 Å². The number of anilines is 1. The molecule has 0 spiro atoms. The normalized spacial score (nSPS) is 15.8. The van der Waals surface area contributed by atoms with Crippen molar-refractivity contribution in [3.8, 4) is 0 Å². The molecule has 5 rings (SSSR count). The highest BCUT2D eigenvalue weighted by molar-refractivity contribution is 6.30. The largest absolute Gasteiger partial charge is 0.459 e. The molecule has 1 atom stereocenters. The zero-order chi connectivity index (χ0) is 21.2. The molecule has 0 unspecified atom stereocenters. The van der Waals surface area contributed by atoms with Crippen molar-refractivity contribution < 1.29 is 18.4 Å². The summed E-state index contributed by atoms with van der Waals surface area (Å²) in [6.45, 7) is 2.77. The first-order chi connectivity index (χ1) is 15.2. The van der Waals surface area contributed by atoms with Gasteiger partial charge in [0, 0.05) is 23.5 Å². The van der Waals surface area contributed by atoms with Gasteiger partial charge in [-0.1, -0.05) is 35.9 Å². The first-order valence-electron chi connectivity index (χ1n) is 10.1. The smallest absolute Gasteiger partial charge is 0.291 e. The number of rotatable bonds is 5. The van der Waals surface area contributed by atoms with Crippen LogP contribution < -0.4 is 5.32 Å². The van der Waals surface area contributed by atoms with E-state index in [9.17, 15) is 4.79 Å². The Kier molecular flexibility index (Phi) is 5.51. The standard InChI is InChI=1S/C24H21ClN2O4/c25-17-9-7-16(8-10-17)22(27-11-14-29-15-12-27)23-21(18-4-1-2-5-19(18)31-23)26-24(28)20-6-3-13-30-20/h1-10,13,22H,11-12,14-15H2,(H,26,28)/t22-/m0/s1. The van der Waals surface area contributed by atoms with Gasteiger partial charge in [-0.2, -0.15) is 0 Å². The molecular weight excluding hydrogens is 416 g/mol. The minimum atomic E-state index is -0.324. The van der Waals surface area contributed by atoms with Crippen molar-refractivity contribution in [2.24, 2.45) is 0 Å². The number of nitrogens with one attached hydrogen (secondary N) is 1. The molecule has 3 heterocycles. The lowest BCUT2D eigenvalue weighted by Gasteiger charge is -2.34. The third-order valence-corrected chi connectivity index (χ3v) is 5.70. The van der Waals surface area contributed by atoms with Gasteiger partial charge in [0.25, 0.3) is 5.91 Å². The van der Waals surface area contributed by atoms with Gasteiger partial charge in [-0.25, -0.2) is 0 Å². The highest BCUT2D eigenvalue weighted by Gasteiger charge is 2.31. The number of morpholine rings is 1. The van der Waals surface area contributed by atoms with Crippen LogP contribution in [0.4, 0.5) is 5.69 Å². The van der Waals surface area contributed by atoms with E-state index < -0.39 is 0 Å². The highest BCUT2D eigenvalue weighted by atomic mass is 35.5. The maximum absolute atomic E-state index is 12.9. The number of benzene rings is 2. The Bertz CT molecular complexity index is 1180. The van der Waals surface area contributed by atoms with Crippen LogP contribution in [0.2, 0.25) is 5.02 Å². The van der Waals surface area contributed by atoms with E-state index in [0.29, 0.717) is 35.3 Å². The molecule has 1 N–H and O–H groups in total. The van der Waals surface area contributed by atoms with E-state index in [1.54, 1.807) is 12.1 Å². The quantitative estimate of drug-likeness (QED) is 0.456. The summed E-state index contributed by atoms with van der Waals surface area (Å²) in [7, 11) is 0. The van der Waals surface area contributed by atoms with Gasteiger partial charge in [0.05, 0.1) is 31.2 Å². The van der Waals surface area contributed by atoms with E-state index in [0.717, 1.165) is 24.0 Å². The molecule has 2 aromatic carbocycles. The summed E-state index contributed by atoms with van der Waals surface area (Å²) in [6, 6.07) is 18.5. The van der Waals surface area contributed by atoms with Gasteiger partial charge in [0.1, 0.15) is 11.3 Å². The third-order valence-electron chi connectivity index (χ3n) is 5.45. The zero-order valence-electron chi connectivity index (χ0n) is 16.7. The molecule has 31 heavy (non-hydrogen) atoms. The van der Waals surface area contributed by atoms with Crippen molar-refractivity contribution in [1.29, 1.82) is 0 Å². The topological polar surface area (TPSA) is 67.9 Å². The summed E-state index contributed by atoms with van der Waals surface area (Å²) in [5.41, 5.74) is 2.38. The van der Waals surface area contributed by atoms with Gasteiger partial charge in [0.15, 0.2) is 5.76 Å². The zero-order valence-corrected chi connectivity index (χ0v) is 17.5. The molecule has 0 aliphatic carbocycles. The number of halogens is 1. The van der Waals surface area contributed by atoms with Crippen molar-refractivity contribution in [3.63, 3.8) is 0 Å². The molecule has 158 valence electrons. The highest BCUT2D eigenvalue weighted by Crippen LogP contribution is 2.41. The molecule has 2 aromatic heterocycles. The predicted octanol–water partition coefficient (Wildman–Crippen LogP) is 5.35. The predicted molar refractivity (Wildman–Crippen MR) is 119 cm³/mol. The second-order valence-corrected chi connectivity index (χ2v) is 7.81. The number of amides is 1. The number of furan rings is 2. The molecule has 6 nitrogen and oxygen atoms in total. The first-order valence-corrected chi connectivity index (χ1v) is 10.5. The monoisotopic (exact) mass is 436 g/mol. The number of hydrogen-bond acceptors (Lipinski definition) is 5. The lowest BCUT2D eigenvalue weighted by atomic mass is 10.0. The molecule has 1 aliphatic heterocycles. The van der Waals surface area contributed by atoms with Gasteiger partial charge in [-0.05, 0) is 42.0 Å². The van der Waals surface area contributed by atoms with E-state index in [-0.39, 0.29) is 17.7 Å². The second-order valence-electron chi connectivity index (χ2n) is 7.37. The second kappa shape index (κ2) is 8.59. The molecule has 0 radical (unpaired) electrons. The SMILES string of the molecule is O=C(Nc1c([C@H](c2ccc(Cl)cc2)N2CCOCC2)oc2ccccc12)c1ccco1. The molecule has 1 amide bonds. The molecule has 1 aliphatic rings. The number of fused-ring (bicyclic) bond motifs is 1. The molecule has 0 bridgehead atoms. The number of carbonyl (C=O) groups excluding carboxylic acids is 1. The average molecular weight is 437 g/mol. The van der Waals surface area contributed by atoms with Gasteiger partial charge in [-0.15, -0.1) is 0 Å². The number of para-hydroxylation sites is 1. The van der Waals surface area contributed by atoms with Gasteiger partial charge in [0.2, 0.25) is 0 Å². The Hall–Kier alpha value is -3.06. The average Bonchev–Trinajstić information content (AvgIpc) is 3.45. The number of ether oxygens (including phenoxy) is 1. The van der Waals surface area contributed by atoms with E-state index in [4.69, 9.17) is 25.2 Å². The van der Waals surface area contributed by atoms with Crippen LogP contribution in [0, 0.1) is 0 Å². The fourth-order valence-corrected chi connectivity index (χ4v) is 4.10. The Morgan fingerprint density at radius 1 is 1.00 bits per heavy atom. The van der Waals surface area contributed by atoms with Crippen LogP contribution in [0.15, 0.2) is 75.8 Å². The van der Waals surface area contributed by atoms with E-state index in [2.05, 4.69) is 10.2 Å². The third kappa shape index (κ3) is 3.97. The minimum Gasteiger partial charge on any atom is -0.459 e. The molecular formula is C24H21ClN2O4. The number of hydrogen-bond donors (Lipinski definition) is 1. The Balaban J connectivity index is 1.64. The van der Waals surface area contributed by atoms with E-state index >= 15 is 0 Å². The summed E-state index contributed by atoms with van der Waals surface area (Å²) >= 11 is 6.15. The van der Waals surface area contributed by atoms with Crippen LogP contribution >= 0.6 is 11.6 Å². The van der Waals surface area contributed by atoms with Gasteiger partial charge >= 0.3 is 0 Å². The summed E-state index contributed by atoms with van der Waals surface area (Å²) < 4.78 is 17.2. The summed E-state index contributed by atoms with van der Waals surface area (Å²) in [4.78, 5) is 15.2. The lowest BCUT2D eigenvalue weighted by Crippen LogP contribution is -2.39. The van der Waals surface area contributed by atoms with Crippen LogP contribution in [-0.4, -0.2) is 37.1 Å². The summed E-state index contributed by atoms with van der Waals surface area (Å²) in [5.74, 6) is 0.589. The van der Waals surface area contributed by atoms with Crippen molar-refractivity contribution >= 4 is 34.2 Å². The molecule has 1 fully saturated rings. The number of carbonyl (C=O) groups is 1. The molecule has 1 saturated heterocycles. The number of nitrogens with zero attached hydrogens (tertiary/aromatic N) is 1. The fourth-order valence-electron chi connectivity index (χ4n) is 3.98. The molecule has 0 saturated carbocycles. The minimum absolute atomic E-state index is 0.208. The van der Waals surface area contributed by atoms with Crippen LogP contribution in [0.1, 0.15) is 27.9 Å². The molecule has 4 aromatic rings. The molecule has 7 heteroatoms. The van der Waals surface area contributed by atoms with Crippen molar-refractivity contribution in [1.82, 2.24) is 4.90 Å². The maximum Gasteiger partial charge on any atom is 0.291 e. The van der Waals surface area contributed by atoms with Crippen LogP contribution in [0.25, 0.3) is 11.0 Å². The van der Waals surface area contributed by atoms with Crippen molar-refractivity contribution in [2.75, 3.05) is 31.6 Å². The van der Waals surface area contributed by atoms with Crippen LogP contribution in [0.3, 0.4) is 0 Å². The van der Waals surface area contributed by atoms with Gasteiger partial charge < -0.3 is 18.9 Å². The Morgan fingerprint density at radius 2 is 1.77 bits per heavy atom. The van der Waals surface area contributed by atoms with Crippen LogP contribution in [-0.2, 0) is 4.74 Å². The maximum atomic E-state index is 12.9. The van der Waals surface area contributed by atoms with Crippen LogP contribution in [0.5, 0.6) is 0 Å². The van der Waals surface area contributed by atoms with Gasteiger partial charge in [-0.3, -0.25) is 9.69 Å². The first kappa shape index (κ1) is 19.9.